The molecular formula is C18H25NO5. The molecule has 0 radical (unpaired) electrons. The molecule has 1 aliphatic rings. The minimum absolute atomic E-state index is 0.365. The lowest BCUT2D eigenvalue weighted by Gasteiger charge is -2.37. The minimum Gasteiger partial charge on any atom is -0.481 e. The molecule has 2 rings (SSSR count). The minimum atomic E-state index is -0.928. The summed E-state index contributed by atoms with van der Waals surface area (Å²) in [7, 11) is 1.62. The van der Waals surface area contributed by atoms with Crippen molar-refractivity contribution in [3.8, 4) is 0 Å². The quantitative estimate of drug-likeness (QED) is 0.776. The maximum atomic E-state index is 9.00. The molecule has 0 aliphatic heterocycles. The van der Waals surface area contributed by atoms with Crippen LogP contribution in [-0.4, -0.2) is 36.7 Å². The molecule has 6 nitrogen and oxygen atoms in total. The summed E-state index contributed by atoms with van der Waals surface area (Å²) < 4.78 is 17.3. The molecule has 0 aromatic heterocycles. The van der Waals surface area contributed by atoms with Crippen LogP contribution in [0, 0.1) is 0 Å². The average molecular weight is 335 g/mol. The SMILES string of the molecule is CC(=O)O.CCOC1(OCc2ccccc2)C=CC(N)=CC1OC. The monoisotopic (exact) mass is 335 g/mol. The molecule has 0 saturated heterocycles. The zero-order chi connectivity index (χ0) is 18.0. The summed E-state index contributed by atoms with van der Waals surface area (Å²) in [4.78, 5) is 9.00. The van der Waals surface area contributed by atoms with E-state index in [1.807, 2.05) is 43.3 Å². The predicted octanol–water partition coefficient (Wildman–Crippen LogP) is 2.45. The van der Waals surface area contributed by atoms with Gasteiger partial charge in [0, 0.05) is 26.3 Å². The van der Waals surface area contributed by atoms with Gasteiger partial charge < -0.3 is 25.1 Å². The number of rotatable bonds is 6. The van der Waals surface area contributed by atoms with Gasteiger partial charge in [0.05, 0.1) is 6.61 Å². The first kappa shape index (κ1) is 19.9. The maximum absolute atomic E-state index is 9.00. The second-order valence-corrected chi connectivity index (χ2v) is 5.10. The predicted molar refractivity (Wildman–Crippen MR) is 91.1 cm³/mol. The summed E-state index contributed by atoms with van der Waals surface area (Å²) in [5.41, 5.74) is 7.54. The molecule has 0 bridgehead atoms. The lowest BCUT2D eigenvalue weighted by molar-refractivity contribution is -0.252. The molecule has 1 aliphatic carbocycles. The normalized spacial score (nSPS) is 22.3. The van der Waals surface area contributed by atoms with Gasteiger partial charge in [0.15, 0.2) is 0 Å². The van der Waals surface area contributed by atoms with Crippen LogP contribution in [0.4, 0.5) is 0 Å². The number of benzene rings is 1. The van der Waals surface area contributed by atoms with Gasteiger partial charge in [-0.2, -0.15) is 0 Å². The number of hydrogen-bond acceptors (Lipinski definition) is 5. The summed E-state index contributed by atoms with van der Waals surface area (Å²) >= 11 is 0. The first-order chi connectivity index (χ1) is 11.4. The van der Waals surface area contributed by atoms with Crippen LogP contribution in [-0.2, 0) is 25.6 Å². The van der Waals surface area contributed by atoms with Crippen LogP contribution >= 0.6 is 0 Å². The molecule has 1 aromatic carbocycles. The summed E-state index contributed by atoms with van der Waals surface area (Å²) in [6, 6.07) is 9.96. The van der Waals surface area contributed by atoms with E-state index in [4.69, 9.17) is 29.8 Å². The van der Waals surface area contributed by atoms with Crippen LogP contribution in [0.1, 0.15) is 19.4 Å². The number of hydrogen-bond donors (Lipinski definition) is 2. The number of carboxylic acid groups (broad SMARTS) is 1. The van der Waals surface area contributed by atoms with Gasteiger partial charge in [0.25, 0.3) is 5.97 Å². The van der Waals surface area contributed by atoms with Gasteiger partial charge in [-0.05, 0) is 30.7 Å². The molecule has 6 heteroatoms. The fourth-order valence-electron chi connectivity index (χ4n) is 2.18. The van der Waals surface area contributed by atoms with Gasteiger partial charge in [0.2, 0.25) is 5.79 Å². The summed E-state index contributed by atoms with van der Waals surface area (Å²) in [5, 5.41) is 7.42. The Balaban J connectivity index is 0.000000648. The number of methoxy groups -OCH3 is 1. The second-order valence-electron chi connectivity index (χ2n) is 5.10. The van der Waals surface area contributed by atoms with E-state index in [1.54, 1.807) is 19.3 Å². The molecule has 24 heavy (non-hydrogen) atoms. The highest BCUT2D eigenvalue weighted by atomic mass is 16.7. The second kappa shape index (κ2) is 9.87. The Kier molecular flexibility index (Phi) is 8.18. The topological polar surface area (TPSA) is 91.0 Å². The fourth-order valence-corrected chi connectivity index (χ4v) is 2.18. The van der Waals surface area contributed by atoms with Crippen LogP contribution in [0.15, 0.2) is 54.3 Å². The number of nitrogens with two attached hydrogens (primary N) is 1. The Bertz CT molecular complexity index is 566. The summed E-state index contributed by atoms with van der Waals surface area (Å²) in [5.74, 6) is -1.76. The summed E-state index contributed by atoms with van der Waals surface area (Å²) in [6.45, 7) is 3.97. The van der Waals surface area contributed by atoms with Crippen molar-refractivity contribution < 1.29 is 24.1 Å². The zero-order valence-electron chi connectivity index (χ0n) is 14.3. The van der Waals surface area contributed by atoms with Crippen molar-refractivity contribution in [2.24, 2.45) is 5.73 Å². The van der Waals surface area contributed by atoms with E-state index in [0.717, 1.165) is 12.5 Å². The van der Waals surface area contributed by atoms with E-state index in [9.17, 15) is 0 Å². The van der Waals surface area contributed by atoms with E-state index < -0.39 is 11.8 Å². The summed E-state index contributed by atoms with van der Waals surface area (Å²) in [6.07, 6.45) is 5.05. The van der Waals surface area contributed by atoms with Crippen LogP contribution in [0.25, 0.3) is 0 Å². The highest BCUT2D eigenvalue weighted by molar-refractivity contribution is 5.62. The van der Waals surface area contributed by atoms with Crippen LogP contribution < -0.4 is 5.73 Å². The Hall–Kier alpha value is -2.15. The maximum Gasteiger partial charge on any atom is 0.300 e. The molecule has 0 spiro atoms. The Morgan fingerprint density at radius 3 is 2.46 bits per heavy atom. The Morgan fingerprint density at radius 2 is 1.92 bits per heavy atom. The van der Waals surface area contributed by atoms with Crippen molar-refractivity contribution in [1.82, 2.24) is 0 Å². The molecule has 0 amide bonds. The molecular weight excluding hydrogens is 310 g/mol. The standard InChI is InChI=1S/C16H21NO3.C2H4O2/c1-3-19-16(10-9-14(17)11-15(16)18-2)20-12-13-7-5-4-6-8-13;1-2(3)4/h4-11,15H,3,12,17H2,1-2H3;1H3,(H,3,4). The smallest absolute Gasteiger partial charge is 0.300 e. The molecule has 1 aromatic rings. The molecule has 3 N–H and O–H groups in total. The van der Waals surface area contributed by atoms with Gasteiger partial charge in [-0.1, -0.05) is 30.3 Å². The molecule has 0 heterocycles. The third kappa shape index (κ3) is 6.16. The van der Waals surface area contributed by atoms with Crippen LogP contribution in [0.2, 0.25) is 0 Å². The highest BCUT2D eigenvalue weighted by Gasteiger charge is 2.40. The first-order valence-electron chi connectivity index (χ1n) is 7.64. The lowest BCUT2D eigenvalue weighted by Crippen LogP contribution is -2.47. The van der Waals surface area contributed by atoms with Crippen molar-refractivity contribution in [1.29, 1.82) is 0 Å². The Morgan fingerprint density at radius 1 is 1.29 bits per heavy atom. The number of allylic oxidation sites excluding steroid dienone is 1. The van der Waals surface area contributed by atoms with Crippen molar-refractivity contribution in [2.45, 2.75) is 32.3 Å². The van der Waals surface area contributed by atoms with Gasteiger partial charge in [-0.25, -0.2) is 0 Å². The largest absolute Gasteiger partial charge is 0.481 e. The van der Waals surface area contributed by atoms with E-state index in [1.165, 1.54) is 0 Å². The number of aliphatic carboxylic acids is 1. The van der Waals surface area contributed by atoms with Gasteiger partial charge in [-0.3, -0.25) is 4.79 Å². The number of ether oxygens (including phenoxy) is 3. The Labute approximate surface area is 142 Å². The lowest BCUT2D eigenvalue weighted by atomic mass is 10.0. The molecule has 2 unspecified atom stereocenters. The van der Waals surface area contributed by atoms with E-state index in [2.05, 4.69) is 0 Å². The van der Waals surface area contributed by atoms with Gasteiger partial charge in [0.1, 0.15) is 6.10 Å². The van der Waals surface area contributed by atoms with E-state index in [-0.39, 0.29) is 6.10 Å². The van der Waals surface area contributed by atoms with E-state index >= 15 is 0 Å². The van der Waals surface area contributed by atoms with Crippen LogP contribution in [0.5, 0.6) is 0 Å². The highest BCUT2D eigenvalue weighted by Crippen LogP contribution is 2.29. The van der Waals surface area contributed by atoms with Gasteiger partial charge in [-0.15, -0.1) is 0 Å². The first-order valence-corrected chi connectivity index (χ1v) is 7.64. The van der Waals surface area contributed by atoms with Crippen molar-refractivity contribution in [3.05, 3.63) is 59.8 Å². The number of carboxylic acids is 1. The molecule has 0 fully saturated rings. The fraction of sp³-hybridized carbons (Fsp3) is 0.389. The van der Waals surface area contributed by atoms with Gasteiger partial charge >= 0.3 is 0 Å². The molecule has 0 saturated carbocycles. The average Bonchev–Trinajstić information content (AvgIpc) is 2.56. The third-order valence-electron chi connectivity index (χ3n) is 3.18. The van der Waals surface area contributed by atoms with Crippen molar-refractivity contribution >= 4 is 5.97 Å². The van der Waals surface area contributed by atoms with Crippen LogP contribution in [0.3, 0.4) is 0 Å². The van der Waals surface area contributed by atoms with Crippen molar-refractivity contribution in [3.63, 3.8) is 0 Å². The number of carbonyl (C=O) groups is 1. The third-order valence-corrected chi connectivity index (χ3v) is 3.18. The molecule has 132 valence electrons. The molecule has 2 atom stereocenters. The van der Waals surface area contributed by atoms with E-state index in [0.29, 0.717) is 18.9 Å². The van der Waals surface area contributed by atoms with Crippen molar-refractivity contribution in [2.75, 3.05) is 13.7 Å². The zero-order valence-corrected chi connectivity index (χ0v) is 14.3.